The van der Waals surface area contributed by atoms with E-state index in [1.165, 1.54) is 4.90 Å². The number of amides is 1. The van der Waals surface area contributed by atoms with Crippen molar-refractivity contribution >= 4 is 6.09 Å². The summed E-state index contributed by atoms with van der Waals surface area (Å²) in [4.78, 5) is 12.9. The fourth-order valence-corrected chi connectivity index (χ4v) is 1.43. The first-order valence-electron chi connectivity index (χ1n) is 5.57. The minimum Gasteiger partial charge on any atom is -0.410 e. The third-order valence-corrected chi connectivity index (χ3v) is 2.18. The number of hydrogen-bond donors (Lipinski definition) is 0. The highest BCUT2D eigenvalue weighted by Gasteiger charge is 2.15. The largest absolute Gasteiger partial charge is 0.414 e. The van der Waals surface area contributed by atoms with Gasteiger partial charge in [0.15, 0.2) is 0 Å². The topological polar surface area (TPSA) is 29.5 Å². The van der Waals surface area contributed by atoms with Gasteiger partial charge in [0.05, 0.1) is 21.1 Å². The Morgan fingerprint density at radius 2 is 1.82 bits per heavy atom. The third-order valence-electron chi connectivity index (χ3n) is 2.18. The van der Waals surface area contributed by atoms with Crippen LogP contribution in [0.1, 0.15) is 5.56 Å². The van der Waals surface area contributed by atoms with Gasteiger partial charge >= 0.3 is 6.09 Å². The second-order valence-electron chi connectivity index (χ2n) is 5.32. The van der Waals surface area contributed by atoms with E-state index in [9.17, 15) is 4.79 Å². The molecule has 0 atom stereocenters. The Balaban J connectivity index is 2.89. The lowest BCUT2D eigenvalue weighted by molar-refractivity contribution is -0.884. The van der Waals surface area contributed by atoms with Gasteiger partial charge in [0.2, 0.25) is 0 Å². The Labute approximate surface area is 103 Å². The van der Waals surface area contributed by atoms with Crippen LogP contribution in [0.25, 0.3) is 0 Å². The summed E-state index contributed by atoms with van der Waals surface area (Å²) in [6, 6.07) is 7.64. The highest BCUT2D eigenvalue weighted by molar-refractivity contribution is 5.70. The maximum absolute atomic E-state index is 11.5. The van der Waals surface area contributed by atoms with Crippen LogP contribution < -0.4 is 4.74 Å². The van der Waals surface area contributed by atoms with Crippen LogP contribution in [0.2, 0.25) is 0 Å². The summed E-state index contributed by atoms with van der Waals surface area (Å²) in [7, 11) is 9.65. The minimum atomic E-state index is -0.348. The van der Waals surface area contributed by atoms with Gasteiger partial charge in [-0.25, -0.2) is 4.79 Å². The number of rotatable bonds is 3. The van der Waals surface area contributed by atoms with Gasteiger partial charge < -0.3 is 14.1 Å². The van der Waals surface area contributed by atoms with Crippen LogP contribution >= 0.6 is 0 Å². The van der Waals surface area contributed by atoms with Gasteiger partial charge in [-0.15, -0.1) is 0 Å². The number of carbonyl (C=O) groups is 1. The number of nitrogens with zero attached hydrogens (tertiary/aromatic N) is 2. The van der Waals surface area contributed by atoms with Crippen LogP contribution in [0.5, 0.6) is 5.75 Å². The lowest BCUT2D eigenvalue weighted by Gasteiger charge is -2.25. The molecule has 0 saturated carbocycles. The lowest BCUT2D eigenvalue weighted by atomic mass is 10.2. The first kappa shape index (κ1) is 13.5. The molecule has 0 aliphatic rings. The molecule has 0 fully saturated rings. The molecule has 1 amide bonds. The molecule has 0 aromatic heterocycles. The number of ether oxygens (including phenoxy) is 1. The van der Waals surface area contributed by atoms with Gasteiger partial charge in [-0.1, -0.05) is 12.1 Å². The average molecular weight is 237 g/mol. The molecule has 0 radical (unpaired) electrons. The molecule has 0 heterocycles. The van der Waals surface area contributed by atoms with Crippen LogP contribution in [0.3, 0.4) is 0 Å². The first-order chi connectivity index (χ1) is 7.79. The van der Waals surface area contributed by atoms with Crippen molar-refractivity contribution < 1.29 is 14.0 Å². The Hall–Kier alpha value is -1.55. The number of benzene rings is 1. The van der Waals surface area contributed by atoms with E-state index in [4.69, 9.17) is 4.74 Å². The molecule has 0 aliphatic heterocycles. The summed E-state index contributed by atoms with van der Waals surface area (Å²) in [5.41, 5.74) is 1.04. The summed E-state index contributed by atoms with van der Waals surface area (Å²) in [6.45, 7) is 0.816. The van der Waals surface area contributed by atoms with Gasteiger partial charge in [0.1, 0.15) is 12.3 Å². The van der Waals surface area contributed by atoms with Crippen LogP contribution in [0.15, 0.2) is 24.3 Å². The number of hydrogen-bond acceptors (Lipinski definition) is 2. The van der Waals surface area contributed by atoms with Gasteiger partial charge in [0.25, 0.3) is 0 Å². The van der Waals surface area contributed by atoms with Gasteiger partial charge in [-0.05, 0) is 12.1 Å². The zero-order chi connectivity index (χ0) is 13.1. The zero-order valence-electron chi connectivity index (χ0n) is 11.2. The van der Waals surface area contributed by atoms with E-state index in [1.54, 1.807) is 14.1 Å². The summed E-state index contributed by atoms with van der Waals surface area (Å²) >= 11 is 0. The van der Waals surface area contributed by atoms with E-state index < -0.39 is 0 Å². The number of para-hydroxylation sites is 1. The fourth-order valence-electron chi connectivity index (χ4n) is 1.43. The quantitative estimate of drug-likeness (QED) is 0.752. The lowest BCUT2D eigenvalue weighted by Crippen LogP contribution is -2.34. The van der Waals surface area contributed by atoms with Crippen molar-refractivity contribution in [2.45, 2.75) is 6.54 Å². The molecule has 1 aromatic rings. The predicted octanol–water partition coefficient (Wildman–Crippen LogP) is 1.95. The Morgan fingerprint density at radius 3 is 2.35 bits per heavy atom. The van der Waals surface area contributed by atoms with Crippen LogP contribution in [-0.2, 0) is 6.54 Å². The van der Waals surface area contributed by atoms with E-state index in [2.05, 4.69) is 21.1 Å². The molecule has 0 bridgehead atoms. The van der Waals surface area contributed by atoms with E-state index in [0.717, 1.165) is 16.6 Å². The van der Waals surface area contributed by atoms with E-state index in [-0.39, 0.29) is 6.09 Å². The van der Waals surface area contributed by atoms with E-state index in [0.29, 0.717) is 5.75 Å². The van der Waals surface area contributed by atoms with Crippen LogP contribution in [0, 0.1) is 0 Å². The molecule has 4 nitrogen and oxygen atoms in total. The Morgan fingerprint density at radius 1 is 1.24 bits per heavy atom. The first-order valence-corrected chi connectivity index (χ1v) is 5.57. The molecule has 1 aromatic carbocycles. The molecule has 0 aliphatic carbocycles. The normalized spacial score (nSPS) is 11.1. The maximum Gasteiger partial charge on any atom is 0.414 e. The molecular formula is C13H21N2O2+. The van der Waals surface area contributed by atoms with Crippen molar-refractivity contribution in [3.63, 3.8) is 0 Å². The summed E-state index contributed by atoms with van der Waals surface area (Å²) in [5.74, 6) is 0.638. The highest BCUT2D eigenvalue weighted by Crippen LogP contribution is 2.21. The van der Waals surface area contributed by atoms with Gasteiger partial charge in [-0.2, -0.15) is 0 Å². The number of quaternary nitrogens is 1. The second-order valence-corrected chi connectivity index (χ2v) is 5.32. The molecule has 17 heavy (non-hydrogen) atoms. The van der Waals surface area contributed by atoms with E-state index >= 15 is 0 Å². The van der Waals surface area contributed by atoms with Crippen molar-refractivity contribution in [2.75, 3.05) is 35.2 Å². The highest BCUT2D eigenvalue weighted by atomic mass is 16.6. The van der Waals surface area contributed by atoms with Crippen molar-refractivity contribution in [1.82, 2.24) is 4.90 Å². The number of carbonyl (C=O) groups excluding carboxylic acids is 1. The molecule has 4 heteroatoms. The SMILES string of the molecule is CN(C)C(=O)Oc1ccccc1C[N+](C)(C)C. The summed E-state index contributed by atoms with van der Waals surface area (Å²) in [5, 5.41) is 0. The molecule has 0 unspecified atom stereocenters. The molecule has 0 spiro atoms. The smallest absolute Gasteiger partial charge is 0.410 e. The van der Waals surface area contributed by atoms with Crippen molar-refractivity contribution in [1.29, 1.82) is 0 Å². The zero-order valence-corrected chi connectivity index (χ0v) is 11.2. The minimum absolute atomic E-state index is 0.348. The van der Waals surface area contributed by atoms with Crippen LogP contribution in [-0.4, -0.2) is 50.7 Å². The summed E-state index contributed by atoms with van der Waals surface area (Å²) < 4.78 is 6.12. The van der Waals surface area contributed by atoms with Gasteiger partial charge in [0, 0.05) is 19.7 Å². The summed E-state index contributed by atoms with van der Waals surface area (Å²) in [6.07, 6.45) is -0.348. The van der Waals surface area contributed by atoms with Gasteiger partial charge in [-0.3, -0.25) is 0 Å². The molecule has 1 rings (SSSR count). The molecule has 0 N–H and O–H groups in total. The fraction of sp³-hybridized carbons (Fsp3) is 0.462. The average Bonchev–Trinajstić information content (AvgIpc) is 2.18. The predicted molar refractivity (Wildman–Crippen MR) is 67.9 cm³/mol. The molecule has 0 saturated heterocycles. The Bertz CT molecular complexity index is 395. The molecule has 94 valence electrons. The monoisotopic (exact) mass is 237 g/mol. The molecular weight excluding hydrogens is 216 g/mol. The van der Waals surface area contributed by atoms with Crippen molar-refractivity contribution in [2.24, 2.45) is 0 Å². The van der Waals surface area contributed by atoms with Crippen molar-refractivity contribution in [3.05, 3.63) is 29.8 Å². The Kier molecular flexibility index (Phi) is 4.12. The van der Waals surface area contributed by atoms with Crippen LogP contribution in [0.4, 0.5) is 4.79 Å². The van der Waals surface area contributed by atoms with Crippen molar-refractivity contribution in [3.8, 4) is 5.75 Å². The second kappa shape index (κ2) is 5.19. The maximum atomic E-state index is 11.5. The standard InChI is InChI=1S/C13H21N2O2/c1-14(2)13(16)17-12-9-7-6-8-11(12)10-15(3,4)5/h6-9H,10H2,1-5H3/q+1. The third kappa shape index (κ3) is 4.44. The van der Waals surface area contributed by atoms with E-state index in [1.807, 2.05) is 24.3 Å².